The number of hydrogen-bond donors (Lipinski definition) is 1. The number of aromatic nitrogens is 3. The first kappa shape index (κ1) is 15.0. The number of rotatable bonds is 3. The Balaban J connectivity index is 1.75. The highest BCUT2D eigenvalue weighted by Gasteiger charge is 2.13. The molecule has 0 aliphatic rings. The highest BCUT2D eigenvalue weighted by Crippen LogP contribution is 2.26. The lowest BCUT2D eigenvalue weighted by atomic mass is 10.1. The van der Waals surface area contributed by atoms with Gasteiger partial charge < -0.3 is 10.3 Å². The number of fused-ring (bicyclic) bond motifs is 1. The molecule has 0 aliphatic carbocycles. The fourth-order valence-corrected chi connectivity index (χ4v) is 2.73. The average Bonchev–Trinajstić information content (AvgIpc) is 3.11. The molecule has 0 fully saturated rings. The van der Waals surface area contributed by atoms with Crippen molar-refractivity contribution in [2.75, 3.05) is 0 Å². The summed E-state index contributed by atoms with van der Waals surface area (Å²) in [6.07, 6.45) is 3.55. The van der Waals surface area contributed by atoms with E-state index in [9.17, 15) is 4.79 Å². The van der Waals surface area contributed by atoms with Gasteiger partial charge in [0.1, 0.15) is 0 Å². The van der Waals surface area contributed by atoms with E-state index in [1.165, 1.54) is 0 Å². The standard InChI is InChI=1S/C19H14N4O2/c1-11-6-15(17(20)24)9-16(7-11)19-22-18(23-25-19)13-2-3-14-10-21-5-4-12(14)8-13/h2-10H,1H3,(H2,20,24). The van der Waals surface area contributed by atoms with Crippen molar-refractivity contribution in [2.45, 2.75) is 6.92 Å². The normalized spacial score (nSPS) is 10.9. The Morgan fingerprint density at radius 3 is 2.76 bits per heavy atom. The van der Waals surface area contributed by atoms with Crippen LogP contribution < -0.4 is 5.73 Å². The number of pyridine rings is 1. The van der Waals surface area contributed by atoms with Crippen LogP contribution in [0.5, 0.6) is 0 Å². The number of benzene rings is 2. The number of carbonyl (C=O) groups excluding carboxylic acids is 1. The summed E-state index contributed by atoms with van der Waals surface area (Å²) in [5, 5.41) is 6.14. The molecule has 0 aliphatic heterocycles. The zero-order chi connectivity index (χ0) is 17.4. The molecule has 0 unspecified atom stereocenters. The van der Waals surface area contributed by atoms with Crippen LogP contribution in [0.15, 0.2) is 59.4 Å². The number of carbonyl (C=O) groups is 1. The van der Waals surface area contributed by atoms with Gasteiger partial charge in [-0.05, 0) is 48.2 Å². The number of nitrogens with zero attached hydrogens (tertiary/aromatic N) is 3. The van der Waals surface area contributed by atoms with Crippen molar-refractivity contribution < 1.29 is 9.32 Å². The zero-order valence-corrected chi connectivity index (χ0v) is 13.4. The van der Waals surface area contributed by atoms with Gasteiger partial charge in [0.2, 0.25) is 11.7 Å². The second kappa shape index (κ2) is 5.83. The van der Waals surface area contributed by atoms with Crippen molar-refractivity contribution in [1.29, 1.82) is 0 Å². The molecule has 122 valence electrons. The summed E-state index contributed by atoms with van der Waals surface area (Å²) in [7, 11) is 0. The van der Waals surface area contributed by atoms with E-state index in [0.717, 1.165) is 21.9 Å². The summed E-state index contributed by atoms with van der Waals surface area (Å²) in [5.74, 6) is 0.333. The van der Waals surface area contributed by atoms with Gasteiger partial charge in [-0.15, -0.1) is 0 Å². The van der Waals surface area contributed by atoms with Gasteiger partial charge in [-0.25, -0.2) is 0 Å². The van der Waals surface area contributed by atoms with Crippen molar-refractivity contribution in [3.8, 4) is 22.8 Å². The minimum atomic E-state index is -0.493. The summed E-state index contributed by atoms with van der Waals surface area (Å²) in [6, 6.07) is 13.0. The van der Waals surface area contributed by atoms with Crippen LogP contribution in [0.3, 0.4) is 0 Å². The van der Waals surface area contributed by atoms with Gasteiger partial charge in [-0.1, -0.05) is 17.3 Å². The molecule has 6 heteroatoms. The van der Waals surface area contributed by atoms with Crippen molar-refractivity contribution in [3.63, 3.8) is 0 Å². The predicted octanol–water partition coefficient (Wildman–Crippen LogP) is 3.36. The number of aryl methyl sites for hydroxylation is 1. The first-order chi connectivity index (χ1) is 12.1. The van der Waals surface area contributed by atoms with Crippen LogP contribution in [0.4, 0.5) is 0 Å². The summed E-state index contributed by atoms with van der Waals surface area (Å²) in [5.41, 5.74) is 8.18. The van der Waals surface area contributed by atoms with Crippen LogP contribution in [0.1, 0.15) is 15.9 Å². The average molecular weight is 330 g/mol. The van der Waals surface area contributed by atoms with Gasteiger partial charge in [-0.2, -0.15) is 4.98 Å². The van der Waals surface area contributed by atoms with E-state index >= 15 is 0 Å². The SMILES string of the molecule is Cc1cc(C(N)=O)cc(-c2nc(-c3ccc4cnccc4c3)no2)c1. The lowest BCUT2D eigenvalue weighted by Gasteiger charge is -2.01. The van der Waals surface area contributed by atoms with E-state index in [4.69, 9.17) is 10.3 Å². The molecule has 25 heavy (non-hydrogen) atoms. The first-order valence-corrected chi connectivity index (χ1v) is 7.70. The Labute approximate surface area is 143 Å². The fraction of sp³-hybridized carbons (Fsp3) is 0.0526. The van der Waals surface area contributed by atoms with E-state index in [0.29, 0.717) is 22.8 Å². The third-order valence-corrected chi connectivity index (χ3v) is 3.93. The maximum Gasteiger partial charge on any atom is 0.258 e. The maximum atomic E-state index is 11.4. The summed E-state index contributed by atoms with van der Waals surface area (Å²) in [6.45, 7) is 1.88. The molecule has 0 bridgehead atoms. The molecule has 4 rings (SSSR count). The van der Waals surface area contributed by atoms with E-state index in [1.54, 1.807) is 24.5 Å². The molecule has 2 N–H and O–H groups in total. The van der Waals surface area contributed by atoms with Crippen LogP contribution in [0, 0.1) is 6.92 Å². The number of hydrogen-bond acceptors (Lipinski definition) is 5. The number of primary amides is 1. The molecule has 6 nitrogen and oxygen atoms in total. The Bertz CT molecular complexity index is 1100. The van der Waals surface area contributed by atoms with Crippen molar-refractivity contribution in [2.24, 2.45) is 5.73 Å². The van der Waals surface area contributed by atoms with Gasteiger partial charge in [-0.3, -0.25) is 9.78 Å². The predicted molar refractivity (Wildman–Crippen MR) is 93.7 cm³/mol. The van der Waals surface area contributed by atoms with Crippen LogP contribution in [-0.2, 0) is 0 Å². The Morgan fingerprint density at radius 1 is 1.04 bits per heavy atom. The van der Waals surface area contributed by atoms with E-state index < -0.39 is 5.91 Å². The second-order valence-electron chi connectivity index (χ2n) is 5.81. The third-order valence-electron chi connectivity index (χ3n) is 3.93. The highest BCUT2D eigenvalue weighted by molar-refractivity contribution is 5.94. The van der Waals surface area contributed by atoms with Crippen molar-refractivity contribution >= 4 is 16.7 Å². The van der Waals surface area contributed by atoms with Gasteiger partial charge in [0.25, 0.3) is 5.89 Å². The zero-order valence-electron chi connectivity index (χ0n) is 13.4. The molecule has 0 saturated carbocycles. The minimum Gasteiger partial charge on any atom is -0.366 e. The van der Waals surface area contributed by atoms with Gasteiger partial charge in [0.05, 0.1) is 0 Å². The lowest BCUT2D eigenvalue weighted by molar-refractivity contribution is 0.1000. The second-order valence-corrected chi connectivity index (χ2v) is 5.81. The highest BCUT2D eigenvalue weighted by atomic mass is 16.5. The van der Waals surface area contributed by atoms with Crippen molar-refractivity contribution in [1.82, 2.24) is 15.1 Å². The van der Waals surface area contributed by atoms with Crippen molar-refractivity contribution in [3.05, 3.63) is 66.0 Å². The van der Waals surface area contributed by atoms with Crippen LogP contribution in [0.2, 0.25) is 0 Å². The fourth-order valence-electron chi connectivity index (χ4n) is 2.73. The molecule has 0 spiro atoms. The molecule has 2 heterocycles. The first-order valence-electron chi connectivity index (χ1n) is 7.70. The molecule has 0 saturated heterocycles. The van der Waals surface area contributed by atoms with Crippen LogP contribution in [-0.4, -0.2) is 21.0 Å². The summed E-state index contributed by atoms with van der Waals surface area (Å²) < 4.78 is 5.38. The lowest BCUT2D eigenvalue weighted by Crippen LogP contribution is -2.11. The topological polar surface area (TPSA) is 94.9 Å². The molecular weight excluding hydrogens is 316 g/mol. The molecule has 1 amide bonds. The maximum absolute atomic E-state index is 11.4. The van der Waals surface area contributed by atoms with Gasteiger partial charge in [0.15, 0.2) is 0 Å². The quantitative estimate of drug-likeness (QED) is 0.621. The van der Waals surface area contributed by atoms with Gasteiger partial charge >= 0.3 is 0 Å². The molecule has 2 aromatic heterocycles. The van der Waals surface area contributed by atoms with E-state index in [2.05, 4.69) is 15.1 Å². The largest absolute Gasteiger partial charge is 0.366 e. The molecule has 0 atom stereocenters. The summed E-state index contributed by atoms with van der Waals surface area (Å²) >= 11 is 0. The van der Waals surface area contributed by atoms with Gasteiger partial charge in [0, 0.05) is 34.5 Å². The van der Waals surface area contributed by atoms with Crippen LogP contribution in [0.25, 0.3) is 33.6 Å². The monoisotopic (exact) mass is 330 g/mol. The third kappa shape index (κ3) is 2.85. The number of amides is 1. The molecule has 0 radical (unpaired) electrons. The summed E-state index contributed by atoms with van der Waals surface area (Å²) in [4.78, 5) is 20.0. The van der Waals surface area contributed by atoms with E-state index in [1.807, 2.05) is 37.3 Å². The molecular formula is C19H14N4O2. The Kier molecular flexibility index (Phi) is 3.50. The molecule has 4 aromatic rings. The minimum absolute atomic E-state index is 0.344. The number of nitrogens with two attached hydrogens (primary N) is 1. The Hall–Kier alpha value is -3.54. The van der Waals surface area contributed by atoms with E-state index in [-0.39, 0.29) is 0 Å². The molecule has 2 aromatic carbocycles. The smallest absolute Gasteiger partial charge is 0.258 e. The Morgan fingerprint density at radius 2 is 1.92 bits per heavy atom. The van der Waals surface area contributed by atoms with Crippen LogP contribution >= 0.6 is 0 Å².